The average molecular weight is 1340 g/mol. The van der Waals surface area contributed by atoms with Gasteiger partial charge >= 0.3 is 0 Å². The van der Waals surface area contributed by atoms with Crippen molar-refractivity contribution in [3.05, 3.63) is 306 Å². The van der Waals surface area contributed by atoms with Gasteiger partial charge in [-0.15, -0.1) is 0 Å². The van der Waals surface area contributed by atoms with Crippen molar-refractivity contribution in [1.29, 1.82) is 10.5 Å². The van der Waals surface area contributed by atoms with Gasteiger partial charge in [0.15, 0.2) is 0 Å². The second kappa shape index (κ2) is 23.9. The number of nitriles is 2. The largest absolute Gasteiger partial charge is 0.311 e. The van der Waals surface area contributed by atoms with Crippen LogP contribution in [0.2, 0.25) is 0 Å². The van der Waals surface area contributed by atoms with Crippen LogP contribution in [0, 0.1) is 22.7 Å². The number of anilines is 6. The molecule has 0 radical (unpaired) electrons. The fraction of sp³-hybridized carbons (Fsp3) is 0.167. The number of hydrogen-bond donors (Lipinski definition) is 0. The van der Waals surface area contributed by atoms with Crippen molar-refractivity contribution < 1.29 is 17.8 Å². The predicted octanol–water partition coefficient (Wildman–Crippen LogP) is 23.6. The van der Waals surface area contributed by atoms with E-state index in [0.29, 0.717) is 56.3 Å². The van der Waals surface area contributed by atoms with E-state index in [1.54, 1.807) is 24.3 Å². The van der Waals surface area contributed by atoms with Crippen LogP contribution in [-0.4, -0.2) is 15.8 Å². The van der Waals surface area contributed by atoms with Crippen molar-refractivity contribution >= 4 is 101 Å². The van der Waals surface area contributed by atoms with E-state index in [0.717, 1.165) is 71.3 Å². The van der Waals surface area contributed by atoms with Crippen molar-refractivity contribution in [3.8, 4) is 68.0 Å². The van der Waals surface area contributed by atoms with Crippen LogP contribution in [0.4, 0.5) is 34.1 Å². The van der Waals surface area contributed by atoms with E-state index in [9.17, 15) is 27.0 Å². The molecule has 2 aliphatic rings. The molecule has 0 bridgehead atoms. The van der Waals surface area contributed by atoms with Gasteiger partial charge in [-0.1, -0.05) is 283 Å². The maximum absolute atomic E-state index is 12.9. The molecule has 0 saturated carbocycles. The summed E-state index contributed by atoms with van der Waals surface area (Å²) in [6.45, 7) is 23.5. The highest BCUT2D eigenvalue weighted by atomic mass is 15.2. The zero-order valence-corrected chi connectivity index (χ0v) is 59.7. The highest BCUT2D eigenvalue weighted by Crippen LogP contribution is 2.53. The van der Waals surface area contributed by atoms with Crippen molar-refractivity contribution in [1.82, 2.24) is 9.13 Å². The third-order valence-corrected chi connectivity index (χ3v) is 20.7. The summed E-state index contributed by atoms with van der Waals surface area (Å²) in [5.41, 5.74) is 11.0. The van der Waals surface area contributed by atoms with Crippen molar-refractivity contribution in [3.63, 3.8) is 0 Å². The lowest BCUT2D eigenvalue weighted by atomic mass is 9.33. The maximum Gasteiger partial charge on any atom is 0.252 e. The molecule has 498 valence electrons. The minimum absolute atomic E-state index is 0.000439. The van der Waals surface area contributed by atoms with Gasteiger partial charge in [-0.3, -0.25) is 0 Å². The number of benzene rings is 13. The van der Waals surface area contributed by atoms with Crippen LogP contribution in [0.5, 0.6) is 0 Å². The first-order chi connectivity index (χ1) is 55.0. The zero-order chi connectivity index (χ0) is 82.5. The number of aromatic nitrogens is 2. The molecule has 6 nitrogen and oxygen atoms in total. The van der Waals surface area contributed by atoms with Crippen molar-refractivity contribution in [2.75, 3.05) is 9.80 Å². The van der Waals surface area contributed by atoms with E-state index in [4.69, 9.17) is 1.37 Å². The van der Waals surface area contributed by atoms with Gasteiger partial charge in [0.1, 0.15) is 17.7 Å². The molecule has 2 aliphatic heterocycles. The van der Waals surface area contributed by atoms with Crippen LogP contribution in [0.15, 0.2) is 273 Å². The minimum Gasteiger partial charge on any atom is -0.311 e. The Morgan fingerprint density at radius 1 is 0.340 bits per heavy atom. The Kier molecular flexibility index (Phi) is 11.9. The first-order valence-electron chi connectivity index (χ1n) is 41.6. The van der Waals surface area contributed by atoms with Crippen molar-refractivity contribution in [2.45, 2.75) is 105 Å². The summed E-state index contributed by atoms with van der Waals surface area (Å²) in [5, 5.41) is 28.2. The lowest BCUT2D eigenvalue weighted by molar-refractivity contribution is 0.569. The zero-order valence-electron chi connectivity index (χ0n) is 72.7. The van der Waals surface area contributed by atoms with E-state index in [1.807, 2.05) is 172 Å². The monoisotopic (exact) mass is 1340 g/mol. The maximum atomic E-state index is 12.9. The highest BCUT2D eigenvalue weighted by Gasteiger charge is 2.46. The molecule has 15 aromatic rings. The molecule has 0 unspecified atom stereocenters. The summed E-state index contributed by atoms with van der Waals surface area (Å²) in [4.78, 5) is 4.02. The first-order valence-corrected chi connectivity index (χ1v) is 35.1. The van der Waals surface area contributed by atoms with Gasteiger partial charge in [0.05, 0.1) is 62.5 Å². The minimum atomic E-state index is -0.961. The van der Waals surface area contributed by atoms with Crippen LogP contribution in [0.25, 0.3) is 99.5 Å². The van der Waals surface area contributed by atoms with Gasteiger partial charge in [-0.2, -0.15) is 10.5 Å². The molecule has 0 aliphatic carbocycles. The van der Waals surface area contributed by atoms with Gasteiger partial charge in [-0.25, -0.2) is 0 Å². The lowest BCUT2D eigenvalue weighted by Crippen LogP contribution is -2.61. The first kappa shape index (κ1) is 51.3. The average Bonchev–Trinajstić information content (AvgIpc) is 0.800. The lowest BCUT2D eigenvalue weighted by Gasteiger charge is -2.45. The molecule has 7 heteroatoms. The molecule has 0 amide bonds. The summed E-state index contributed by atoms with van der Waals surface area (Å²) in [7, 11) is 0. The summed E-state index contributed by atoms with van der Waals surface area (Å²) in [6, 6.07) is 63.3. The van der Waals surface area contributed by atoms with Crippen LogP contribution in [0.3, 0.4) is 0 Å². The standard InChI is InChI=1S/C96H81BN6/c1-93(2,3)68-30-24-28-61(48-68)67-54-89-91-90(55-67)103(92-73(64-29-25-31-69(49-64)94(4,5)6)44-47-85(78(92)59-99)101-81-36-20-16-32-74(81)75-33-17-21-37-82(75)101)88-52-62(60-26-14-13-15-27-60)41-45-80(88)97(91)79-46-42-63(66-50-70(95(7,8)9)56-71(51-66)96(10,11)12)53-87(79)100(89)72-43-40-65(58-98)86(57-72)102-83-38-22-18-34-76(83)77-35-19-23-39-84(77)102/h13-57H,1-12H3/i13D,14D,15D,24D,25D,26D,27D,28D,29D,30D,31D,48D,49D. The van der Waals surface area contributed by atoms with Gasteiger partial charge in [0.2, 0.25) is 0 Å². The molecule has 4 heterocycles. The van der Waals surface area contributed by atoms with E-state index in [-0.39, 0.29) is 90.8 Å². The van der Waals surface area contributed by atoms with Crippen LogP contribution >= 0.6 is 0 Å². The Hall–Kier alpha value is -11.9. The van der Waals surface area contributed by atoms with E-state index in [1.165, 1.54) is 0 Å². The van der Waals surface area contributed by atoms with Crippen molar-refractivity contribution in [2.24, 2.45) is 0 Å². The summed E-state index contributed by atoms with van der Waals surface area (Å²) >= 11 is 0. The normalized spacial score (nSPS) is 14.7. The summed E-state index contributed by atoms with van der Waals surface area (Å²) in [6.07, 6.45) is 0. The van der Waals surface area contributed by atoms with Gasteiger partial charge in [0.25, 0.3) is 6.71 Å². The fourth-order valence-corrected chi connectivity index (χ4v) is 15.4. The molecule has 103 heavy (non-hydrogen) atoms. The highest BCUT2D eigenvalue weighted by molar-refractivity contribution is 7.00. The Bertz CT molecular complexity index is 6760. The Balaban J connectivity index is 1.11. The molecule has 13 aromatic carbocycles. The molecular formula is C96H81BN6. The number of fused-ring (bicyclic) bond motifs is 10. The topological polar surface area (TPSA) is 63.9 Å². The van der Waals surface area contributed by atoms with Gasteiger partial charge < -0.3 is 18.9 Å². The Morgan fingerprint density at radius 2 is 0.786 bits per heavy atom. The van der Waals surface area contributed by atoms with Crippen LogP contribution in [-0.2, 0) is 21.7 Å². The molecule has 2 aromatic heterocycles. The van der Waals surface area contributed by atoms with Crippen LogP contribution < -0.4 is 26.2 Å². The van der Waals surface area contributed by atoms with Crippen LogP contribution in [0.1, 0.15) is 134 Å². The molecule has 0 saturated heterocycles. The third-order valence-electron chi connectivity index (χ3n) is 20.7. The smallest absolute Gasteiger partial charge is 0.252 e. The van der Waals surface area contributed by atoms with E-state index >= 15 is 0 Å². The molecular weight excluding hydrogens is 1250 g/mol. The SMILES string of the molecule is [2H]c1c([2H])c([2H])c(-c2ccc3c(c2)N(c2c(-c4c([2H])c([2H])c([2H])c(C(C)(C)C)c4[2H])ccc(-n4c5ccccc5c5ccccc54)c2C#N)c2cc(-c4c([2H])c([2H])c([2H])c(C(C)(C)C)c4[2H])cc4c2B3c2ccc(-c3cc(C(C)(C)C)cc(C(C)(C)C)c3)cc2N4c2ccc(C#N)c(-n3c4ccccc4c4ccccc43)c2)c([2H])c1[2H]. The molecule has 0 fully saturated rings. The Labute approximate surface area is 624 Å². The molecule has 17 rings (SSSR count). The van der Waals surface area contributed by atoms with E-state index in [2.05, 4.69) is 112 Å². The molecule has 0 N–H and O–H groups in total. The second-order valence-corrected chi connectivity index (χ2v) is 31.4. The fourth-order valence-electron chi connectivity index (χ4n) is 15.4. The van der Waals surface area contributed by atoms with Gasteiger partial charge in [-0.05, 0) is 172 Å². The quantitative estimate of drug-likeness (QED) is 0.142. The Morgan fingerprint density at radius 3 is 1.30 bits per heavy atom. The van der Waals surface area contributed by atoms with Gasteiger partial charge in [0, 0.05) is 55.5 Å². The number of para-hydroxylation sites is 4. The number of hydrogen-bond acceptors (Lipinski definition) is 4. The predicted molar refractivity (Wildman–Crippen MR) is 435 cm³/mol. The summed E-state index contributed by atoms with van der Waals surface area (Å²) < 4.78 is 131. The number of rotatable bonds is 8. The van der Waals surface area contributed by atoms with E-state index < -0.39 is 71.9 Å². The molecule has 0 atom stereocenters. The molecule has 0 spiro atoms. The summed E-state index contributed by atoms with van der Waals surface area (Å²) in [5.74, 6) is 0. The number of nitrogens with zero attached hydrogens (tertiary/aromatic N) is 6. The second-order valence-electron chi connectivity index (χ2n) is 31.4. The third kappa shape index (κ3) is 10.7.